The van der Waals surface area contributed by atoms with E-state index in [1.165, 1.54) is 26.4 Å². The first-order valence-corrected chi connectivity index (χ1v) is 11.1. The minimum Gasteiger partial charge on any atom is -0.497 e. The maximum absolute atomic E-state index is 12.9. The fraction of sp³-hybridized carbons (Fsp3) is 0.583. The van der Waals surface area contributed by atoms with E-state index >= 15 is 0 Å². The molecule has 1 unspecified atom stereocenters. The molecule has 1 aliphatic carbocycles. The number of nitrogens with one attached hydrogen (secondary N) is 3. The molecule has 3 N–H and O–H groups in total. The molecular weight excluding hydrogens is 394 g/mol. The zero-order chi connectivity index (χ0) is 22.4. The van der Waals surface area contributed by atoms with Crippen molar-refractivity contribution in [1.29, 1.82) is 0 Å². The van der Waals surface area contributed by atoms with E-state index in [0.717, 1.165) is 18.5 Å². The standard InChI is InChI=1S/C24H33N3O4/c1-23(2)11-15-12-24(3,13-23)14-27(15)9-8-19(28)26-20-17-7-6-16(30-4)10-18(17)25-21(20)22(29)31-5/h6-7,10,15,25H,8-9,11-14H2,1-5H3,(H,26,28)/p+1/t15-,24-/m1/s1. The number of aromatic amines is 1. The Balaban J connectivity index is 1.48. The number of quaternary nitrogens is 1. The van der Waals surface area contributed by atoms with Crippen molar-refractivity contribution in [2.45, 2.75) is 52.5 Å². The molecular formula is C24H34N3O4+. The Morgan fingerprint density at radius 2 is 2.00 bits per heavy atom. The first kappa shape index (κ1) is 21.7. The van der Waals surface area contributed by atoms with Gasteiger partial charge >= 0.3 is 5.97 Å². The van der Waals surface area contributed by atoms with Crippen LogP contribution in [0, 0.1) is 10.8 Å². The highest BCUT2D eigenvalue weighted by molar-refractivity contribution is 6.11. The van der Waals surface area contributed by atoms with Gasteiger partial charge in [-0.2, -0.15) is 0 Å². The Morgan fingerprint density at radius 3 is 2.71 bits per heavy atom. The molecule has 1 aromatic carbocycles. The van der Waals surface area contributed by atoms with Crippen molar-refractivity contribution < 1.29 is 24.0 Å². The zero-order valence-electron chi connectivity index (χ0n) is 19.2. The molecule has 2 aromatic rings. The largest absolute Gasteiger partial charge is 0.497 e. The lowest BCUT2D eigenvalue weighted by atomic mass is 9.65. The Morgan fingerprint density at radius 1 is 1.23 bits per heavy atom. The summed E-state index contributed by atoms with van der Waals surface area (Å²) in [6, 6.07) is 6.08. The van der Waals surface area contributed by atoms with Crippen molar-refractivity contribution in [3.8, 4) is 5.75 Å². The maximum atomic E-state index is 12.9. The summed E-state index contributed by atoms with van der Waals surface area (Å²) in [6.45, 7) is 9.08. The van der Waals surface area contributed by atoms with Crippen molar-refractivity contribution in [1.82, 2.24) is 4.98 Å². The Kier molecular flexibility index (Phi) is 5.50. The van der Waals surface area contributed by atoms with Gasteiger partial charge in [0.25, 0.3) is 0 Å². The summed E-state index contributed by atoms with van der Waals surface area (Å²) in [5, 5.41) is 3.73. The number of anilines is 1. The number of H-pyrrole nitrogens is 1. The average Bonchev–Trinajstić information content (AvgIpc) is 3.18. The highest BCUT2D eigenvalue weighted by atomic mass is 16.5. The summed E-state index contributed by atoms with van der Waals surface area (Å²) in [6.07, 6.45) is 4.15. The number of aromatic nitrogens is 1. The fourth-order valence-corrected chi connectivity index (χ4v) is 6.21. The quantitative estimate of drug-likeness (QED) is 0.618. The van der Waals surface area contributed by atoms with Gasteiger partial charge in [-0.15, -0.1) is 0 Å². The van der Waals surface area contributed by atoms with Gasteiger partial charge in [0.05, 0.1) is 51.0 Å². The molecule has 4 rings (SSSR count). The molecule has 7 nitrogen and oxygen atoms in total. The summed E-state index contributed by atoms with van der Waals surface area (Å²) in [4.78, 5) is 29.8. The number of benzene rings is 1. The van der Waals surface area contributed by atoms with Gasteiger partial charge in [0.2, 0.25) is 5.91 Å². The summed E-state index contributed by atoms with van der Waals surface area (Å²) in [5.74, 6) is 0.0723. The average molecular weight is 429 g/mol. The number of methoxy groups -OCH3 is 2. The Hall–Kier alpha value is -2.54. The van der Waals surface area contributed by atoms with Gasteiger partial charge in [-0.3, -0.25) is 4.79 Å². The number of carbonyl (C=O) groups is 2. The van der Waals surface area contributed by atoms with Crippen LogP contribution >= 0.6 is 0 Å². The van der Waals surface area contributed by atoms with Crippen molar-refractivity contribution in [3.63, 3.8) is 0 Å². The molecule has 31 heavy (non-hydrogen) atoms. The zero-order valence-corrected chi connectivity index (χ0v) is 19.2. The molecule has 1 aromatic heterocycles. The van der Waals surface area contributed by atoms with Crippen LogP contribution in [0.1, 0.15) is 56.9 Å². The molecule has 7 heteroatoms. The maximum Gasteiger partial charge on any atom is 0.356 e. The molecule has 2 heterocycles. The third-order valence-corrected chi connectivity index (χ3v) is 7.01. The van der Waals surface area contributed by atoms with Gasteiger partial charge in [-0.05, 0) is 24.0 Å². The van der Waals surface area contributed by atoms with Crippen LogP contribution in [0.3, 0.4) is 0 Å². The predicted molar refractivity (Wildman–Crippen MR) is 120 cm³/mol. The number of hydrogen-bond acceptors (Lipinski definition) is 4. The normalized spacial score (nSPS) is 26.6. The van der Waals surface area contributed by atoms with Crippen LogP contribution in [0.5, 0.6) is 5.75 Å². The van der Waals surface area contributed by atoms with Crippen molar-refractivity contribution in [2.75, 3.05) is 32.6 Å². The molecule has 1 aliphatic heterocycles. The first-order valence-electron chi connectivity index (χ1n) is 11.1. The van der Waals surface area contributed by atoms with E-state index in [2.05, 4.69) is 31.1 Å². The second kappa shape index (κ2) is 7.86. The van der Waals surface area contributed by atoms with E-state index in [-0.39, 0.29) is 11.6 Å². The van der Waals surface area contributed by atoms with Crippen LogP contribution < -0.4 is 15.0 Å². The molecule has 0 spiro atoms. The van der Waals surface area contributed by atoms with Gasteiger partial charge in [0, 0.05) is 29.7 Å². The fourth-order valence-electron chi connectivity index (χ4n) is 6.21. The van der Waals surface area contributed by atoms with Crippen LogP contribution in [-0.4, -0.2) is 50.2 Å². The van der Waals surface area contributed by atoms with E-state index in [1.54, 1.807) is 18.1 Å². The summed E-state index contributed by atoms with van der Waals surface area (Å²) in [5.41, 5.74) is 2.19. The van der Waals surface area contributed by atoms with Gasteiger partial charge in [-0.25, -0.2) is 4.79 Å². The number of fused-ring (bicyclic) bond motifs is 3. The van der Waals surface area contributed by atoms with Gasteiger partial charge < -0.3 is 24.7 Å². The highest BCUT2D eigenvalue weighted by Gasteiger charge is 2.52. The molecule has 2 fully saturated rings. The molecule has 2 bridgehead atoms. The van der Waals surface area contributed by atoms with Crippen LogP contribution in [0.15, 0.2) is 18.2 Å². The second-order valence-electron chi connectivity index (χ2n) is 10.4. The smallest absolute Gasteiger partial charge is 0.356 e. The van der Waals surface area contributed by atoms with Gasteiger partial charge in [0.1, 0.15) is 11.4 Å². The molecule has 1 saturated heterocycles. The van der Waals surface area contributed by atoms with E-state index < -0.39 is 5.97 Å². The number of esters is 1. The molecule has 2 aliphatic rings. The van der Waals surface area contributed by atoms with E-state index in [9.17, 15) is 9.59 Å². The second-order valence-corrected chi connectivity index (χ2v) is 10.4. The molecule has 1 saturated carbocycles. The van der Waals surface area contributed by atoms with E-state index in [4.69, 9.17) is 9.47 Å². The van der Waals surface area contributed by atoms with Crippen molar-refractivity contribution in [3.05, 3.63) is 23.9 Å². The lowest BCUT2D eigenvalue weighted by Crippen LogP contribution is -3.14. The number of likely N-dealkylation sites (tertiary alicyclic amines) is 1. The van der Waals surface area contributed by atoms with Crippen LogP contribution in [0.4, 0.5) is 5.69 Å². The number of ether oxygens (including phenoxy) is 2. The van der Waals surface area contributed by atoms with Crippen LogP contribution in [0.25, 0.3) is 10.9 Å². The first-order chi connectivity index (χ1) is 14.6. The summed E-state index contributed by atoms with van der Waals surface area (Å²) in [7, 11) is 2.92. The lowest BCUT2D eigenvalue weighted by molar-refractivity contribution is -0.913. The Bertz CT molecular complexity index is 1010. The van der Waals surface area contributed by atoms with Gasteiger partial charge in [0.15, 0.2) is 0 Å². The molecule has 1 amide bonds. The van der Waals surface area contributed by atoms with Crippen LogP contribution in [0.2, 0.25) is 0 Å². The highest BCUT2D eigenvalue weighted by Crippen LogP contribution is 2.47. The SMILES string of the molecule is COC(=O)c1[nH]c2cc(OC)ccc2c1NC(=O)CC[NH+]1C[C@]2(C)C[C@H]1CC(C)(C)C2. The number of amides is 1. The van der Waals surface area contributed by atoms with Crippen LogP contribution in [-0.2, 0) is 9.53 Å². The molecule has 0 radical (unpaired) electrons. The predicted octanol–water partition coefficient (Wildman–Crippen LogP) is 2.78. The number of hydrogen-bond donors (Lipinski definition) is 3. The third-order valence-electron chi connectivity index (χ3n) is 7.01. The topological polar surface area (TPSA) is 84.9 Å². The summed E-state index contributed by atoms with van der Waals surface area (Å²) < 4.78 is 10.2. The number of carbonyl (C=O) groups excluding carboxylic acids is 2. The summed E-state index contributed by atoms with van der Waals surface area (Å²) >= 11 is 0. The molecule has 3 atom stereocenters. The van der Waals surface area contributed by atoms with Gasteiger partial charge in [-0.1, -0.05) is 20.8 Å². The lowest BCUT2D eigenvalue weighted by Gasteiger charge is -2.37. The third kappa shape index (κ3) is 4.28. The monoisotopic (exact) mass is 428 g/mol. The van der Waals surface area contributed by atoms with Crippen molar-refractivity contribution in [2.24, 2.45) is 10.8 Å². The van der Waals surface area contributed by atoms with E-state index in [1.807, 2.05) is 12.1 Å². The minimum absolute atomic E-state index is 0.0831. The Labute approximate surface area is 183 Å². The van der Waals surface area contributed by atoms with E-state index in [0.29, 0.717) is 40.2 Å². The minimum atomic E-state index is -0.514. The van der Waals surface area contributed by atoms with Crippen molar-refractivity contribution >= 4 is 28.5 Å². The number of rotatable bonds is 6. The molecule has 168 valence electrons.